The van der Waals surface area contributed by atoms with Crippen LogP contribution in [0.1, 0.15) is 18.5 Å². The van der Waals surface area contributed by atoms with E-state index in [2.05, 4.69) is 38.8 Å². The van der Waals surface area contributed by atoms with Crippen molar-refractivity contribution in [1.82, 2.24) is 4.90 Å². The molecule has 6 heteroatoms. The van der Waals surface area contributed by atoms with Gasteiger partial charge in [0.1, 0.15) is 19.9 Å². The molecule has 0 aromatic heterocycles. The summed E-state index contributed by atoms with van der Waals surface area (Å²) in [5.41, 5.74) is 1.30. The van der Waals surface area contributed by atoms with E-state index in [4.69, 9.17) is 4.74 Å². The summed E-state index contributed by atoms with van der Waals surface area (Å²) in [4.78, 5) is 13.9. The van der Waals surface area contributed by atoms with Gasteiger partial charge in [0.15, 0.2) is 0 Å². The third kappa shape index (κ3) is 5.19. The number of halogens is 1. The third-order valence-electron chi connectivity index (χ3n) is 4.81. The maximum atomic E-state index is 11.9. The summed E-state index contributed by atoms with van der Waals surface area (Å²) >= 11 is 0. The fourth-order valence-corrected chi connectivity index (χ4v) is 6.40. The quantitative estimate of drug-likeness (QED) is 0.356. The molecular weight excluding hydrogens is 431 g/mol. The number of ether oxygens (including phenoxy) is 1. The molecule has 1 amide bonds. The van der Waals surface area contributed by atoms with Crippen LogP contribution in [-0.2, 0) is 4.79 Å². The summed E-state index contributed by atoms with van der Waals surface area (Å²) in [6.45, 7) is 11.7. The molecule has 1 fully saturated rings. The standard InChI is InChI=1S/C18H31N2O2Si.HI/c1-15(21)19-11-12-20(2,14-23(4,5)6)18(13-19)16-7-9-17(22-3)10-8-16;/h7-10,18H,11-14H2,1-6H3;1H/q+1;/p-1. The van der Waals surface area contributed by atoms with E-state index < -0.39 is 8.07 Å². The lowest BCUT2D eigenvalue weighted by Crippen LogP contribution is -3.00. The van der Waals surface area contributed by atoms with E-state index in [-0.39, 0.29) is 29.9 Å². The molecule has 4 nitrogen and oxygen atoms in total. The van der Waals surface area contributed by atoms with Gasteiger partial charge >= 0.3 is 0 Å². The molecule has 2 unspecified atom stereocenters. The van der Waals surface area contributed by atoms with Gasteiger partial charge in [0.25, 0.3) is 0 Å². The van der Waals surface area contributed by atoms with Gasteiger partial charge in [0, 0.05) is 12.5 Å². The van der Waals surface area contributed by atoms with E-state index >= 15 is 0 Å². The lowest BCUT2D eigenvalue weighted by molar-refractivity contribution is -0.934. The molecule has 0 saturated carbocycles. The van der Waals surface area contributed by atoms with Gasteiger partial charge in [0.2, 0.25) is 5.91 Å². The monoisotopic (exact) mass is 462 g/mol. The van der Waals surface area contributed by atoms with Crippen molar-refractivity contribution in [2.24, 2.45) is 0 Å². The molecule has 24 heavy (non-hydrogen) atoms. The Morgan fingerprint density at radius 3 is 2.33 bits per heavy atom. The number of carbonyl (C=O) groups excluding carboxylic acids is 1. The van der Waals surface area contributed by atoms with Gasteiger partial charge in [-0.15, -0.1) is 0 Å². The maximum absolute atomic E-state index is 11.9. The summed E-state index contributed by atoms with van der Waals surface area (Å²) in [6.07, 6.45) is 1.23. The van der Waals surface area contributed by atoms with Gasteiger partial charge in [-0.1, -0.05) is 19.6 Å². The van der Waals surface area contributed by atoms with Crippen molar-refractivity contribution >= 4 is 14.0 Å². The Bertz CT molecular complexity index is 559. The molecule has 1 saturated heterocycles. The number of rotatable bonds is 4. The molecule has 0 spiro atoms. The second kappa shape index (κ2) is 8.18. The average Bonchev–Trinajstić information content (AvgIpc) is 2.45. The van der Waals surface area contributed by atoms with Crippen LogP contribution in [0.2, 0.25) is 19.6 Å². The minimum atomic E-state index is -1.21. The lowest BCUT2D eigenvalue weighted by Gasteiger charge is -2.50. The van der Waals surface area contributed by atoms with E-state index in [0.29, 0.717) is 6.04 Å². The minimum absolute atomic E-state index is 0. The molecule has 1 aromatic carbocycles. The Labute approximate surface area is 164 Å². The first-order valence-corrected chi connectivity index (χ1v) is 12.1. The van der Waals surface area contributed by atoms with Gasteiger partial charge in [-0.2, -0.15) is 0 Å². The highest BCUT2D eigenvalue weighted by atomic mass is 127. The van der Waals surface area contributed by atoms with Gasteiger partial charge < -0.3 is 38.1 Å². The molecule has 0 aliphatic carbocycles. The summed E-state index contributed by atoms with van der Waals surface area (Å²) < 4.78 is 6.32. The number of nitrogens with zero attached hydrogens (tertiary/aromatic N) is 2. The number of amides is 1. The molecular formula is C18H31IN2O2Si. The van der Waals surface area contributed by atoms with Crippen molar-refractivity contribution in [3.63, 3.8) is 0 Å². The number of benzene rings is 1. The molecule has 0 N–H and O–H groups in total. The second-order valence-corrected chi connectivity index (χ2v) is 13.6. The Balaban J connectivity index is 0.00000288. The number of likely N-dealkylation sites (N-methyl/N-ethyl adjacent to an activating group) is 1. The van der Waals surface area contributed by atoms with Crippen LogP contribution in [0.4, 0.5) is 0 Å². The van der Waals surface area contributed by atoms with E-state index in [1.54, 1.807) is 14.0 Å². The van der Waals surface area contributed by atoms with Crippen molar-refractivity contribution in [2.45, 2.75) is 32.6 Å². The number of methoxy groups -OCH3 is 1. The Morgan fingerprint density at radius 1 is 1.29 bits per heavy atom. The highest BCUT2D eigenvalue weighted by Crippen LogP contribution is 2.33. The van der Waals surface area contributed by atoms with Crippen LogP contribution in [0.15, 0.2) is 24.3 Å². The van der Waals surface area contributed by atoms with Gasteiger partial charge in [-0.25, -0.2) is 0 Å². The van der Waals surface area contributed by atoms with Crippen LogP contribution >= 0.6 is 0 Å². The fourth-order valence-electron chi connectivity index (χ4n) is 3.85. The van der Waals surface area contributed by atoms with Crippen molar-refractivity contribution in [2.75, 3.05) is 40.0 Å². The summed E-state index contributed by atoms with van der Waals surface area (Å²) in [5, 5.41) is 0. The van der Waals surface area contributed by atoms with Crippen LogP contribution in [0.5, 0.6) is 5.75 Å². The molecule has 1 aromatic rings. The molecule has 1 aliphatic heterocycles. The molecule has 0 bridgehead atoms. The number of piperazine rings is 1. The predicted molar refractivity (Wildman–Crippen MR) is 97.3 cm³/mol. The topological polar surface area (TPSA) is 29.5 Å². The van der Waals surface area contributed by atoms with Crippen molar-refractivity contribution in [1.29, 1.82) is 0 Å². The summed E-state index contributed by atoms with van der Waals surface area (Å²) in [7, 11) is 2.84. The lowest BCUT2D eigenvalue weighted by atomic mass is 10.0. The third-order valence-corrected chi connectivity index (χ3v) is 6.48. The molecule has 1 aliphatic rings. The zero-order valence-electron chi connectivity index (χ0n) is 15.8. The zero-order valence-corrected chi connectivity index (χ0v) is 19.0. The highest BCUT2D eigenvalue weighted by Gasteiger charge is 2.43. The molecule has 2 atom stereocenters. The van der Waals surface area contributed by atoms with Crippen LogP contribution in [0.3, 0.4) is 0 Å². The van der Waals surface area contributed by atoms with Gasteiger partial charge in [0.05, 0.1) is 40.0 Å². The largest absolute Gasteiger partial charge is 1.00 e. The predicted octanol–water partition coefficient (Wildman–Crippen LogP) is -0.0736. The Kier molecular flexibility index (Phi) is 7.31. The Hall–Kier alpha value is -0.603. The first-order valence-electron chi connectivity index (χ1n) is 8.38. The van der Waals surface area contributed by atoms with Crippen molar-refractivity contribution in [3.05, 3.63) is 29.8 Å². The number of hydrogen-bond acceptors (Lipinski definition) is 2. The first kappa shape index (κ1) is 21.4. The summed E-state index contributed by atoms with van der Waals surface area (Å²) in [5.74, 6) is 1.06. The maximum Gasteiger partial charge on any atom is 0.219 e. The molecule has 0 radical (unpaired) electrons. The van der Waals surface area contributed by atoms with Crippen molar-refractivity contribution < 1.29 is 38.0 Å². The zero-order chi connectivity index (χ0) is 17.3. The Morgan fingerprint density at radius 2 is 1.88 bits per heavy atom. The summed E-state index contributed by atoms with van der Waals surface area (Å²) in [6, 6.07) is 8.72. The highest BCUT2D eigenvalue weighted by molar-refractivity contribution is 6.76. The number of carbonyl (C=O) groups is 1. The van der Waals surface area contributed by atoms with Crippen LogP contribution in [0, 0.1) is 0 Å². The van der Waals surface area contributed by atoms with E-state index in [0.717, 1.165) is 29.9 Å². The molecule has 2 rings (SSSR count). The normalized spacial score (nSPS) is 24.2. The second-order valence-electron chi connectivity index (χ2n) is 8.18. The van der Waals surface area contributed by atoms with E-state index in [9.17, 15) is 4.79 Å². The first-order chi connectivity index (χ1) is 10.6. The SMILES string of the molecule is COc1ccc(C2CN(C(C)=O)CC[N+]2(C)C[Si](C)(C)C)cc1.[I-]. The van der Waals surface area contributed by atoms with Gasteiger partial charge in [-0.3, -0.25) is 4.79 Å². The van der Waals surface area contributed by atoms with Crippen LogP contribution < -0.4 is 28.7 Å². The van der Waals surface area contributed by atoms with Gasteiger partial charge in [-0.05, 0) is 24.3 Å². The molecule has 1 heterocycles. The van der Waals surface area contributed by atoms with Crippen molar-refractivity contribution in [3.8, 4) is 5.75 Å². The molecule has 136 valence electrons. The fraction of sp³-hybridized carbons (Fsp3) is 0.611. The number of quaternary nitrogens is 1. The minimum Gasteiger partial charge on any atom is -1.00 e. The van der Waals surface area contributed by atoms with Crippen LogP contribution in [-0.4, -0.2) is 63.3 Å². The average molecular weight is 462 g/mol. The van der Waals surface area contributed by atoms with E-state index in [1.807, 2.05) is 17.0 Å². The number of hydrogen-bond donors (Lipinski definition) is 0. The van der Waals surface area contributed by atoms with E-state index in [1.165, 1.54) is 11.7 Å². The van der Waals surface area contributed by atoms with Crippen LogP contribution in [0.25, 0.3) is 0 Å². The smallest absolute Gasteiger partial charge is 0.219 e.